The van der Waals surface area contributed by atoms with Crippen LogP contribution in [0.4, 0.5) is 5.69 Å². The summed E-state index contributed by atoms with van der Waals surface area (Å²) >= 11 is 12.7. The number of aromatic nitrogens is 1. The van der Waals surface area contributed by atoms with E-state index in [2.05, 4.69) is 17.2 Å². The number of unbranched alkanes of at least 4 members (excludes halogenated alkanes) is 1. The maximum Gasteiger partial charge on any atom is 0.337 e. The smallest absolute Gasteiger partial charge is 0.337 e. The summed E-state index contributed by atoms with van der Waals surface area (Å²) in [5.41, 5.74) is 0.844. The van der Waals surface area contributed by atoms with Crippen LogP contribution in [0.1, 0.15) is 35.7 Å². The van der Waals surface area contributed by atoms with E-state index in [9.17, 15) is 14.7 Å². The summed E-state index contributed by atoms with van der Waals surface area (Å²) in [5.74, 6) is -0.542. The lowest BCUT2D eigenvalue weighted by Crippen LogP contribution is -2.16. The number of nitrogens with zero attached hydrogens (tertiary/aromatic N) is 1. The second-order valence-electron chi connectivity index (χ2n) is 7.71. The van der Waals surface area contributed by atoms with Crippen LogP contribution in [0.25, 0.3) is 0 Å². The summed E-state index contributed by atoms with van der Waals surface area (Å²) in [6, 6.07) is 12.6. The molecule has 0 saturated carbocycles. The van der Waals surface area contributed by atoms with E-state index in [-0.39, 0.29) is 45.3 Å². The third-order valence-electron chi connectivity index (χ3n) is 4.91. The normalized spacial score (nSPS) is 10.6. The lowest BCUT2D eigenvalue weighted by Gasteiger charge is -2.12. The molecule has 0 bridgehead atoms. The second-order valence-corrected chi connectivity index (χ2v) is 8.53. The number of hydrogen-bond acceptors (Lipinski definition) is 6. The van der Waals surface area contributed by atoms with Gasteiger partial charge in [-0.15, -0.1) is 0 Å². The lowest BCUT2D eigenvalue weighted by atomic mass is 10.1. The summed E-state index contributed by atoms with van der Waals surface area (Å²) in [6.45, 7) is 3.63. The maximum absolute atomic E-state index is 12.4. The number of aromatic carboxylic acids is 1. The highest BCUT2D eigenvalue weighted by Crippen LogP contribution is 2.39. The minimum atomic E-state index is -1.12. The first kappa shape index (κ1) is 27.3. The minimum absolute atomic E-state index is 0.00304. The molecular weight excluding hydrogens is 507 g/mol. The van der Waals surface area contributed by atoms with Gasteiger partial charge in [0.2, 0.25) is 11.8 Å². The molecule has 10 heteroatoms. The zero-order chi connectivity index (χ0) is 25.9. The SMILES string of the molecule is CCCCOCCOc1cc(Cl)c(Oc2ccc(CC(=O)Nc3ccccc3C(=O)O)cn2)c(Cl)c1. The van der Waals surface area contributed by atoms with Gasteiger partial charge in [0, 0.05) is 31.0 Å². The van der Waals surface area contributed by atoms with Crippen molar-refractivity contribution in [2.45, 2.75) is 26.2 Å². The number of para-hydroxylation sites is 1. The molecule has 1 aromatic heterocycles. The molecular formula is C26H26Cl2N2O6. The Morgan fingerprint density at radius 3 is 2.44 bits per heavy atom. The van der Waals surface area contributed by atoms with Gasteiger partial charge in [-0.25, -0.2) is 9.78 Å². The fraction of sp³-hybridized carbons (Fsp3) is 0.269. The molecule has 0 atom stereocenters. The average Bonchev–Trinajstić information content (AvgIpc) is 2.85. The molecule has 0 fully saturated rings. The minimum Gasteiger partial charge on any atom is -0.491 e. The van der Waals surface area contributed by atoms with Crippen LogP contribution >= 0.6 is 23.2 Å². The highest BCUT2D eigenvalue weighted by atomic mass is 35.5. The number of carboxylic acids is 1. The van der Waals surface area contributed by atoms with Gasteiger partial charge in [-0.3, -0.25) is 4.79 Å². The lowest BCUT2D eigenvalue weighted by molar-refractivity contribution is -0.115. The van der Waals surface area contributed by atoms with E-state index in [1.54, 1.807) is 36.4 Å². The molecule has 2 N–H and O–H groups in total. The standard InChI is InChI=1S/C26H26Cl2N2O6/c1-2-3-10-34-11-12-35-18-14-20(27)25(21(28)15-18)36-24-9-8-17(16-29-24)13-23(31)30-22-7-5-4-6-19(22)26(32)33/h4-9,14-16H,2-3,10-13H2,1H3,(H,30,31)(H,32,33). The Kier molecular flexibility index (Phi) is 10.4. The number of anilines is 1. The van der Waals surface area contributed by atoms with Crippen molar-refractivity contribution >= 4 is 40.8 Å². The molecule has 0 aliphatic rings. The average molecular weight is 533 g/mol. The Bertz CT molecular complexity index is 1160. The zero-order valence-corrected chi connectivity index (χ0v) is 21.1. The van der Waals surface area contributed by atoms with Crippen LogP contribution < -0.4 is 14.8 Å². The van der Waals surface area contributed by atoms with E-state index >= 15 is 0 Å². The highest BCUT2D eigenvalue weighted by molar-refractivity contribution is 6.37. The molecule has 0 radical (unpaired) electrons. The van der Waals surface area contributed by atoms with Crippen LogP contribution in [-0.4, -0.2) is 41.8 Å². The fourth-order valence-corrected chi connectivity index (χ4v) is 3.67. The Balaban J connectivity index is 1.56. The van der Waals surface area contributed by atoms with Crippen LogP contribution in [0.2, 0.25) is 10.0 Å². The number of halogens is 2. The van der Waals surface area contributed by atoms with Crippen molar-refractivity contribution in [1.82, 2.24) is 4.98 Å². The molecule has 0 saturated heterocycles. The van der Waals surface area contributed by atoms with Crippen molar-refractivity contribution in [1.29, 1.82) is 0 Å². The first-order valence-corrected chi connectivity index (χ1v) is 12.1. The van der Waals surface area contributed by atoms with E-state index in [1.165, 1.54) is 18.3 Å². The summed E-state index contributed by atoms with van der Waals surface area (Å²) < 4.78 is 16.8. The van der Waals surface area contributed by atoms with Gasteiger partial charge < -0.3 is 24.6 Å². The number of amides is 1. The van der Waals surface area contributed by atoms with Gasteiger partial charge in [0.05, 0.1) is 34.3 Å². The van der Waals surface area contributed by atoms with Crippen molar-refractivity contribution in [2.24, 2.45) is 0 Å². The molecule has 0 aliphatic heterocycles. The molecule has 1 heterocycles. The van der Waals surface area contributed by atoms with Gasteiger partial charge in [0.1, 0.15) is 12.4 Å². The van der Waals surface area contributed by atoms with Crippen LogP contribution in [0.15, 0.2) is 54.7 Å². The van der Waals surface area contributed by atoms with Crippen LogP contribution in [0, 0.1) is 0 Å². The largest absolute Gasteiger partial charge is 0.491 e. The number of carbonyl (C=O) groups is 2. The molecule has 3 aromatic rings. The molecule has 1 amide bonds. The van der Waals surface area contributed by atoms with E-state index in [0.717, 1.165) is 12.8 Å². The Labute approximate surface area is 219 Å². The van der Waals surface area contributed by atoms with E-state index < -0.39 is 5.97 Å². The third kappa shape index (κ3) is 8.12. The van der Waals surface area contributed by atoms with Crippen molar-refractivity contribution in [2.75, 3.05) is 25.1 Å². The Morgan fingerprint density at radius 1 is 1.03 bits per heavy atom. The van der Waals surface area contributed by atoms with Crippen LogP contribution in [0.5, 0.6) is 17.4 Å². The summed E-state index contributed by atoms with van der Waals surface area (Å²) in [6.07, 6.45) is 3.56. The van der Waals surface area contributed by atoms with Gasteiger partial charge in [-0.05, 0) is 24.1 Å². The van der Waals surface area contributed by atoms with Gasteiger partial charge in [-0.1, -0.05) is 54.7 Å². The molecule has 2 aromatic carbocycles. The predicted molar refractivity (Wildman–Crippen MR) is 138 cm³/mol. The molecule has 8 nitrogen and oxygen atoms in total. The summed E-state index contributed by atoms with van der Waals surface area (Å²) in [5, 5.41) is 12.4. The molecule has 0 spiro atoms. The topological polar surface area (TPSA) is 107 Å². The molecule has 0 aliphatic carbocycles. The van der Waals surface area contributed by atoms with Gasteiger partial charge >= 0.3 is 5.97 Å². The Hall–Kier alpha value is -3.33. The Morgan fingerprint density at radius 2 is 1.78 bits per heavy atom. The number of hydrogen-bond donors (Lipinski definition) is 2. The molecule has 3 rings (SSSR count). The maximum atomic E-state index is 12.4. The molecule has 36 heavy (non-hydrogen) atoms. The number of carbonyl (C=O) groups excluding carboxylic acids is 1. The summed E-state index contributed by atoms with van der Waals surface area (Å²) in [4.78, 5) is 27.9. The number of rotatable bonds is 13. The number of carboxylic acid groups (broad SMARTS) is 1. The number of pyridine rings is 1. The third-order valence-corrected chi connectivity index (χ3v) is 5.47. The van der Waals surface area contributed by atoms with Gasteiger partial charge in [0.25, 0.3) is 0 Å². The fourth-order valence-electron chi connectivity index (χ4n) is 3.12. The van der Waals surface area contributed by atoms with Crippen molar-refractivity contribution in [3.8, 4) is 17.4 Å². The quantitative estimate of drug-likeness (QED) is 0.250. The number of ether oxygens (including phenoxy) is 3. The van der Waals surface area contributed by atoms with E-state index in [1.807, 2.05) is 0 Å². The molecule has 0 unspecified atom stereocenters. The number of benzene rings is 2. The molecule has 190 valence electrons. The van der Waals surface area contributed by atoms with E-state index in [4.69, 9.17) is 37.4 Å². The van der Waals surface area contributed by atoms with Gasteiger partial charge in [0.15, 0.2) is 5.75 Å². The summed E-state index contributed by atoms with van der Waals surface area (Å²) in [7, 11) is 0. The van der Waals surface area contributed by atoms with Crippen molar-refractivity contribution in [3.63, 3.8) is 0 Å². The zero-order valence-electron chi connectivity index (χ0n) is 19.6. The predicted octanol–water partition coefficient (Wildman–Crippen LogP) is 6.26. The number of nitrogens with one attached hydrogen (secondary N) is 1. The van der Waals surface area contributed by atoms with E-state index in [0.29, 0.717) is 31.1 Å². The second kappa shape index (κ2) is 13.7. The van der Waals surface area contributed by atoms with Crippen LogP contribution in [0.3, 0.4) is 0 Å². The monoisotopic (exact) mass is 532 g/mol. The van der Waals surface area contributed by atoms with Crippen molar-refractivity contribution < 1.29 is 28.9 Å². The van der Waals surface area contributed by atoms with Crippen LogP contribution in [-0.2, 0) is 16.0 Å². The van der Waals surface area contributed by atoms with Crippen molar-refractivity contribution in [3.05, 3.63) is 75.9 Å². The van der Waals surface area contributed by atoms with Gasteiger partial charge in [-0.2, -0.15) is 0 Å². The highest BCUT2D eigenvalue weighted by Gasteiger charge is 2.14. The first-order chi connectivity index (χ1) is 17.4. The first-order valence-electron chi connectivity index (χ1n) is 11.3.